The Morgan fingerprint density at radius 2 is 1.69 bits per heavy atom. The molecular weight excluding hydrogens is 461 g/mol. The summed E-state index contributed by atoms with van der Waals surface area (Å²) < 4.78 is 15.1. The van der Waals surface area contributed by atoms with Gasteiger partial charge in [0.1, 0.15) is 5.82 Å². The van der Waals surface area contributed by atoms with E-state index in [1.54, 1.807) is 30.3 Å². The fourth-order valence-electron chi connectivity index (χ4n) is 4.32. The standard InChI is InChI=1S/C28H26FN3O2S/c1-19-5-7-20(8-6-19)18-35-28-30-25-17-21(26(33)31-15-3-2-4-16-31)9-14-24(25)27(34)32(28)23-12-10-22(29)11-13-23/h5-14,17H,2-4,15-16,18H2,1H3. The van der Waals surface area contributed by atoms with Crippen molar-refractivity contribution in [2.75, 3.05) is 13.1 Å². The lowest BCUT2D eigenvalue weighted by atomic mass is 10.1. The van der Waals surface area contributed by atoms with E-state index < -0.39 is 0 Å². The van der Waals surface area contributed by atoms with Crippen molar-refractivity contribution in [3.8, 4) is 5.69 Å². The number of aryl methyl sites for hydroxylation is 1. The molecule has 0 unspecified atom stereocenters. The van der Waals surface area contributed by atoms with E-state index in [-0.39, 0.29) is 17.3 Å². The molecule has 1 aliphatic heterocycles. The quantitative estimate of drug-likeness (QED) is 0.266. The molecule has 178 valence electrons. The van der Waals surface area contributed by atoms with Crippen LogP contribution in [0.2, 0.25) is 0 Å². The van der Waals surface area contributed by atoms with Gasteiger partial charge in [-0.05, 0) is 74.2 Å². The minimum Gasteiger partial charge on any atom is -0.339 e. The maximum Gasteiger partial charge on any atom is 0.266 e. The summed E-state index contributed by atoms with van der Waals surface area (Å²) in [6, 6.07) is 19.1. The lowest BCUT2D eigenvalue weighted by Gasteiger charge is -2.26. The van der Waals surface area contributed by atoms with E-state index in [4.69, 9.17) is 4.98 Å². The Morgan fingerprint density at radius 1 is 0.971 bits per heavy atom. The van der Waals surface area contributed by atoms with Crippen LogP contribution in [0.25, 0.3) is 16.6 Å². The lowest BCUT2D eigenvalue weighted by molar-refractivity contribution is 0.0724. The van der Waals surface area contributed by atoms with Gasteiger partial charge in [-0.15, -0.1) is 0 Å². The molecule has 0 spiro atoms. The van der Waals surface area contributed by atoms with Crippen molar-refractivity contribution >= 4 is 28.6 Å². The number of likely N-dealkylation sites (tertiary alicyclic amines) is 1. The van der Waals surface area contributed by atoms with Crippen molar-refractivity contribution in [2.24, 2.45) is 0 Å². The number of piperidine rings is 1. The van der Waals surface area contributed by atoms with Crippen molar-refractivity contribution in [3.05, 3.63) is 99.6 Å². The van der Waals surface area contributed by atoms with E-state index in [2.05, 4.69) is 24.3 Å². The third-order valence-electron chi connectivity index (χ3n) is 6.30. The molecular formula is C28H26FN3O2S. The molecule has 1 amide bonds. The van der Waals surface area contributed by atoms with E-state index in [0.29, 0.717) is 33.1 Å². The predicted molar refractivity (Wildman–Crippen MR) is 138 cm³/mol. The number of hydrogen-bond donors (Lipinski definition) is 0. The van der Waals surface area contributed by atoms with E-state index >= 15 is 0 Å². The van der Waals surface area contributed by atoms with E-state index in [0.717, 1.165) is 37.9 Å². The number of carbonyl (C=O) groups is 1. The minimum atomic E-state index is -0.370. The highest BCUT2D eigenvalue weighted by Gasteiger charge is 2.20. The van der Waals surface area contributed by atoms with Crippen molar-refractivity contribution in [1.29, 1.82) is 0 Å². The molecule has 35 heavy (non-hydrogen) atoms. The fourth-order valence-corrected chi connectivity index (χ4v) is 5.29. The highest BCUT2D eigenvalue weighted by Crippen LogP contribution is 2.26. The fraction of sp³-hybridized carbons (Fsp3) is 0.250. The summed E-state index contributed by atoms with van der Waals surface area (Å²) in [4.78, 5) is 33.3. The van der Waals surface area contributed by atoms with Crippen LogP contribution in [-0.2, 0) is 5.75 Å². The predicted octanol–water partition coefficient (Wildman–Crippen LogP) is 5.75. The molecule has 5 nitrogen and oxygen atoms in total. The number of thioether (sulfide) groups is 1. The maximum atomic E-state index is 13.6. The summed E-state index contributed by atoms with van der Waals surface area (Å²) >= 11 is 1.44. The summed E-state index contributed by atoms with van der Waals surface area (Å²) in [6.45, 7) is 3.55. The molecule has 0 bridgehead atoms. The Labute approximate surface area is 207 Å². The second-order valence-corrected chi connectivity index (χ2v) is 9.81. The molecule has 1 saturated heterocycles. The van der Waals surface area contributed by atoms with Crippen molar-refractivity contribution in [3.63, 3.8) is 0 Å². The third kappa shape index (κ3) is 5.00. The lowest BCUT2D eigenvalue weighted by Crippen LogP contribution is -2.35. The Hall–Kier alpha value is -3.45. The van der Waals surface area contributed by atoms with Gasteiger partial charge in [-0.25, -0.2) is 9.37 Å². The molecule has 0 atom stereocenters. The number of fused-ring (bicyclic) bond motifs is 1. The Kier molecular flexibility index (Phi) is 6.68. The van der Waals surface area contributed by atoms with Crippen LogP contribution in [0, 0.1) is 12.7 Å². The van der Waals surface area contributed by atoms with Crippen LogP contribution in [0.1, 0.15) is 40.7 Å². The molecule has 1 fully saturated rings. The highest BCUT2D eigenvalue weighted by molar-refractivity contribution is 7.98. The Bertz CT molecular complexity index is 1430. The molecule has 1 aromatic heterocycles. The van der Waals surface area contributed by atoms with Gasteiger partial charge in [-0.1, -0.05) is 41.6 Å². The average Bonchev–Trinajstić information content (AvgIpc) is 2.89. The average molecular weight is 488 g/mol. The van der Waals surface area contributed by atoms with Gasteiger partial charge < -0.3 is 4.90 Å². The van der Waals surface area contributed by atoms with Crippen molar-refractivity contribution < 1.29 is 9.18 Å². The molecule has 0 radical (unpaired) electrons. The minimum absolute atomic E-state index is 0.0232. The van der Waals surface area contributed by atoms with Crippen LogP contribution >= 0.6 is 11.8 Å². The molecule has 2 heterocycles. The van der Waals surface area contributed by atoms with Gasteiger partial charge in [0.2, 0.25) is 0 Å². The number of aromatic nitrogens is 2. The highest BCUT2D eigenvalue weighted by atomic mass is 32.2. The molecule has 5 rings (SSSR count). The van der Waals surface area contributed by atoms with Gasteiger partial charge in [-0.3, -0.25) is 14.2 Å². The van der Waals surface area contributed by atoms with Crippen LogP contribution in [-0.4, -0.2) is 33.4 Å². The number of amides is 1. The second kappa shape index (κ2) is 10.0. The van der Waals surface area contributed by atoms with Crippen molar-refractivity contribution in [2.45, 2.75) is 37.1 Å². The van der Waals surface area contributed by atoms with E-state index in [9.17, 15) is 14.0 Å². The van der Waals surface area contributed by atoms with E-state index in [1.165, 1.54) is 34.0 Å². The summed E-state index contributed by atoms with van der Waals surface area (Å²) in [7, 11) is 0. The number of halogens is 1. The summed E-state index contributed by atoms with van der Waals surface area (Å²) in [6.07, 6.45) is 3.17. The zero-order valence-electron chi connectivity index (χ0n) is 19.5. The second-order valence-electron chi connectivity index (χ2n) is 8.87. The molecule has 0 N–H and O–H groups in total. The first-order valence-corrected chi connectivity index (χ1v) is 12.8. The zero-order valence-corrected chi connectivity index (χ0v) is 20.4. The first kappa shape index (κ1) is 23.3. The number of benzene rings is 3. The van der Waals surface area contributed by atoms with Crippen LogP contribution in [0.3, 0.4) is 0 Å². The maximum absolute atomic E-state index is 13.6. The Balaban J connectivity index is 1.57. The molecule has 7 heteroatoms. The number of hydrogen-bond acceptors (Lipinski definition) is 4. The van der Waals surface area contributed by atoms with Gasteiger partial charge in [0.25, 0.3) is 11.5 Å². The molecule has 0 saturated carbocycles. The van der Waals surface area contributed by atoms with E-state index in [1.807, 2.05) is 11.8 Å². The van der Waals surface area contributed by atoms with Crippen LogP contribution in [0.4, 0.5) is 4.39 Å². The summed E-state index contributed by atoms with van der Waals surface area (Å²) in [5.74, 6) is 0.224. The first-order chi connectivity index (χ1) is 17.0. The zero-order chi connectivity index (χ0) is 24.4. The van der Waals surface area contributed by atoms with Gasteiger partial charge in [0, 0.05) is 24.4 Å². The number of rotatable bonds is 5. The molecule has 0 aliphatic carbocycles. The van der Waals surface area contributed by atoms with Crippen molar-refractivity contribution in [1.82, 2.24) is 14.5 Å². The topological polar surface area (TPSA) is 55.2 Å². The molecule has 3 aromatic carbocycles. The van der Waals surface area contributed by atoms with Crippen LogP contribution < -0.4 is 5.56 Å². The monoisotopic (exact) mass is 487 g/mol. The number of nitrogens with zero attached hydrogens (tertiary/aromatic N) is 3. The van der Waals surface area contributed by atoms with Gasteiger partial charge in [0.15, 0.2) is 5.16 Å². The SMILES string of the molecule is Cc1ccc(CSc2nc3cc(C(=O)N4CCCCC4)ccc3c(=O)n2-c2ccc(F)cc2)cc1. The van der Waals surface area contributed by atoms with Gasteiger partial charge in [0.05, 0.1) is 16.6 Å². The first-order valence-electron chi connectivity index (χ1n) is 11.8. The van der Waals surface area contributed by atoms with Gasteiger partial charge in [-0.2, -0.15) is 0 Å². The summed E-state index contributed by atoms with van der Waals surface area (Å²) in [5, 5.41) is 0.918. The number of carbonyl (C=O) groups excluding carboxylic acids is 1. The molecule has 4 aromatic rings. The largest absolute Gasteiger partial charge is 0.339 e. The van der Waals surface area contributed by atoms with Crippen LogP contribution in [0.15, 0.2) is 76.7 Å². The summed E-state index contributed by atoms with van der Waals surface area (Å²) in [5.41, 5.74) is 3.62. The van der Waals surface area contributed by atoms with Crippen LogP contribution in [0.5, 0.6) is 0 Å². The smallest absolute Gasteiger partial charge is 0.266 e. The normalized spacial score (nSPS) is 13.8. The Morgan fingerprint density at radius 3 is 2.40 bits per heavy atom. The third-order valence-corrected chi connectivity index (χ3v) is 7.31. The molecule has 1 aliphatic rings. The van der Waals surface area contributed by atoms with Gasteiger partial charge >= 0.3 is 0 Å².